The third-order valence-electron chi connectivity index (χ3n) is 8.90. The number of allylic oxidation sites excluding steroid dienone is 2. The topological polar surface area (TPSA) is 17.8 Å². The molecule has 0 amide bonds. The molecule has 46 heavy (non-hydrogen) atoms. The SMILES string of the molecule is [B]/C(C)=C([B])/C([B])=c1/c(-n2c(C)nc3ccccc32)c2c([B])c([B])c([B])c([B])c2c(-c2cc3ccccc3c3ccccc23)c1=[B]. The van der Waals surface area contributed by atoms with Crippen molar-refractivity contribution in [1.29, 1.82) is 0 Å². The summed E-state index contributed by atoms with van der Waals surface area (Å²) in [5.41, 5.74) is 4.94. The first-order chi connectivity index (χ1) is 22.0. The summed E-state index contributed by atoms with van der Waals surface area (Å²) >= 11 is 0. The number of nitrogens with zero attached hydrogens (tertiary/aromatic N) is 2. The van der Waals surface area contributed by atoms with Crippen LogP contribution in [0.3, 0.4) is 0 Å². The second-order valence-electron chi connectivity index (χ2n) is 11.6. The zero-order valence-corrected chi connectivity index (χ0v) is 25.5. The van der Waals surface area contributed by atoms with Gasteiger partial charge in [-0.05, 0) is 0 Å². The first-order valence-electron chi connectivity index (χ1n) is 14.7. The maximum absolute atomic E-state index is 7.34. The number of imidazole rings is 1. The number of hydrogen-bond donors (Lipinski definition) is 0. The summed E-state index contributed by atoms with van der Waals surface area (Å²) in [7, 11) is 54.1. The number of aryl methyl sites for hydroxylation is 1. The number of para-hydroxylation sites is 2. The van der Waals surface area contributed by atoms with Crippen molar-refractivity contribution < 1.29 is 0 Å². The van der Waals surface area contributed by atoms with Crippen LogP contribution in [0.1, 0.15) is 12.7 Å². The molecular weight excluding hydrogens is 547 g/mol. The average Bonchev–Trinajstić information content (AvgIpc) is 3.39. The van der Waals surface area contributed by atoms with E-state index in [4.69, 9.17) is 67.4 Å². The van der Waals surface area contributed by atoms with E-state index in [0.717, 1.165) is 38.1 Å². The second kappa shape index (κ2) is 11.2. The van der Waals surface area contributed by atoms with E-state index in [1.54, 1.807) is 6.92 Å². The quantitative estimate of drug-likeness (QED) is 0.236. The number of rotatable bonds is 3. The Kier molecular flexibility index (Phi) is 7.39. The summed E-state index contributed by atoms with van der Waals surface area (Å²) in [6, 6.07) is 26.1. The van der Waals surface area contributed by atoms with E-state index >= 15 is 0 Å². The molecule has 0 saturated heterocycles. The van der Waals surface area contributed by atoms with Gasteiger partial charge in [-0.2, -0.15) is 0 Å². The van der Waals surface area contributed by atoms with Crippen molar-refractivity contribution in [2.75, 3.05) is 0 Å². The predicted molar refractivity (Wildman–Crippen MR) is 203 cm³/mol. The normalized spacial score (nSPS) is 13.1. The Labute approximate surface area is 278 Å². The minimum absolute atomic E-state index is 0.149. The Bertz CT molecular complexity index is 2600. The van der Waals surface area contributed by atoms with Crippen LogP contribution in [-0.4, -0.2) is 72.0 Å². The molecule has 1 aromatic heterocycles. The Morgan fingerprint density at radius 2 is 1.28 bits per heavy atom. The van der Waals surface area contributed by atoms with E-state index in [0.29, 0.717) is 43.6 Å². The fourth-order valence-corrected chi connectivity index (χ4v) is 6.66. The zero-order valence-electron chi connectivity index (χ0n) is 25.5. The molecule has 0 N–H and O–H groups in total. The number of hydrogen-bond acceptors (Lipinski definition) is 1. The van der Waals surface area contributed by atoms with Gasteiger partial charge in [-0.3, -0.25) is 0 Å². The van der Waals surface area contributed by atoms with E-state index in [1.165, 1.54) is 0 Å². The van der Waals surface area contributed by atoms with Crippen molar-refractivity contribution in [2.45, 2.75) is 13.8 Å². The summed E-state index contributed by atoms with van der Waals surface area (Å²) in [6.07, 6.45) is 0. The first kappa shape index (κ1) is 30.4. The van der Waals surface area contributed by atoms with Crippen molar-refractivity contribution in [3.8, 4) is 16.8 Å². The van der Waals surface area contributed by atoms with Crippen LogP contribution < -0.4 is 27.1 Å². The van der Waals surface area contributed by atoms with Gasteiger partial charge in [0.2, 0.25) is 0 Å². The molecule has 0 aliphatic rings. The van der Waals surface area contributed by atoms with Crippen molar-refractivity contribution in [1.82, 2.24) is 9.55 Å². The Hall–Kier alpha value is -4.30. The van der Waals surface area contributed by atoms with Gasteiger partial charge in [0.15, 0.2) is 0 Å². The molecule has 7 aromatic rings. The van der Waals surface area contributed by atoms with E-state index in [9.17, 15) is 0 Å². The number of benzene rings is 6. The summed E-state index contributed by atoms with van der Waals surface area (Å²) in [4.78, 5) is 4.83. The molecule has 0 spiro atoms. The van der Waals surface area contributed by atoms with Crippen LogP contribution in [0.15, 0.2) is 89.8 Å². The molecule has 0 atom stereocenters. The van der Waals surface area contributed by atoms with Gasteiger partial charge in [0.05, 0.1) is 0 Å². The molecular formula is C36H19B8N2. The van der Waals surface area contributed by atoms with Crippen LogP contribution in [0, 0.1) is 12.0 Å². The van der Waals surface area contributed by atoms with Gasteiger partial charge in [0.25, 0.3) is 0 Å². The molecule has 0 unspecified atom stereocenters. The van der Waals surface area contributed by atoms with Crippen LogP contribution in [0.4, 0.5) is 0 Å². The van der Waals surface area contributed by atoms with Crippen molar-refractivity contribution >= 4 is 133 Å². The standard InChI is InChI=1S/C36H19B8N2/c1-16(37)29(38)33(42)28-30(39)25(22-15-18-9-3-4-10-19(18)20-11-5-6-12-21(20)22)26-27(32(41)35(44)34(43)31(26)40)36(28)46-17(2)45-23-13-7-8-14-24(23)46/h3-15H,1-2H3/b29-16-,33-28-. The molecule has 0 bridgehead atoms. The van der Waals surface area contributed by atoms with Gasteiger partial charge in [0.1, 0.15) is 0 Å². The Morgan fingerprint density at radius 3 is 1.98 bits per heavy atom. The van der Waals surface area contributed by atoms with Crippen LogP contribution in [0.25, 0.3) is 65.6 Å². The maximum atomic E-state index is 7.34. The fraction of sp³-hybridized carbons (Fsp3) is 0.0556. The molecule has 0 aliphatic heterocycles. The van der Waals surface area contributed by atoms with E-state index in [-0.39, 0.29) is 32.8 Å². The number of fused-ring (bicyclic) bond motifs is 5. The molecule has 0 aliphatic carbocycles. The minimum atomic E-state index is 0.149. The van der Waals surface area contributed by atoms with Crippen LogP contribution >= 0.6 is 0 Å². The molecule has 0 saturated carbocycles. The molecule has 0 fully saturated rings. The summed E-state index contributed by atoms with van der Waals surface area (Å²) in [6.45, 7) is 3.57. The molecule has 2 nitrogen and oxygen atoms in total. The molecule has 197 valence electrons. The summed E-state index contributed by atoms with van der Waals surface area (Å²) in [5, 5.41) is 5.87. The molecule has 1 heterocycles. The zero-order chi connectivity index (χ0) is 32.6. The van der Waals surface area contributed by atoms with Gasteiger partial charge >= 0.3 is 279 Å². The van der Waals surface area contributed by atoms with Crippen molar-refractivity contribution in [2.24, 2.45) is 0 Å². The molecule has 15 radical (unpaired) electrons. The van der Waals surface area contributed by atoms with E-state index in [2.05, 4.69) is 30.3 Å². The summed E-state index contributed by atoms with van der Waals surface area (Å²) < 4.78 is 1.95. The van der Waals surface area contributed by atoms with Gasteiger partial charge in [0, 0.05) is 0 Å². The van der Waals surface area contributed by atoms with Crippen LogP contribution in [0.2, 0.25) is 0 Å². The molecule has 6 aromatic carbocycles. The van der Waals surface area contributed by atoms with Crippen LogP contribution in [-0.2, 0) is 0 Å². The monoisotopic (exact) mass is 567 g/mol. The fourth-order valence-electron chi connectivity index (χ4n) is 6.66. The second-order valence-corrected chi connectivity index (χ2v) is 11.6. The van der Waals surface area contributed by atoms with E-state index < -0.39 is 0 Å². The van der Waals surface area contributed by atoms with Gasteiger partial charge < -0.3 is 0 Å². The Balaban J connectivity index is 1.87. The molecule has 10 heteroatoms. The molecule has 7 rings (SSSR count). The first-order valence-corrected chi connectivity index (χ1v) is 14.7. The van der Waals surface area contributed by atoms with Gasteiger partial charge in [-0.15, -0.1) is 0 Å². The van der Waals surface area contributed by atoms with Crippen molar-refractivity contribution in [3.05, 3.63) is 106 Å². The summed E-state index contributed by atoms with van der Waals surface area (Å²) in [5.74, 6) is 0.653. The third kappa shape index (κ3) is 4.37. The van der Waals surface area contributed by atoms with E-state index in [1.807, 2.05) is 60.0 Å². The predicted octanol–water partition coefficient (Wildman–Crippen LogP) is 1.90. The van der Waals surface area contributed by atoms with Gasteiger partial charge in [-0.1, -0.05) is 0 Å². The average molecular weight is 566 g/mol. The van der Waals surface area contributed by atoms with Crippen LogP contribution in [0.5, 0.6) is 0 Å². The Morgan fingerprint density at radius 1 is 0.696 bits per heavy atom. The van der Waals surface area contributed by atoms with Gasteiger partial charge in [-0.25, -0.2) is 0 Å². The number of aromatic nitrogens is 2. The third-order valence-corrected chi connectivity index (χ3v) is 8.90. The van der Waals surface area contributed by atoms with Crippen molar-refractivity contribution in [3.63, 3.8) is 0 Å².